The van der Waals surface area contributed by atoms with Gasteiger partial charge in [0.15, 0.2) is 16.0 Å². The van der Waals surface area contributed by atoms with Crippen LogP contribution < -0.4 is 10.2 Å². The monoisotopic (exact) mass is 434 g/mol. The number of thiophene rings is 1. The third-order valence-corrected chi connectivity index (χ3v) is 7.50. The molecule has 0 N–H and O–H groups in total. The highest BCUT2D eigenvalue weighted by Crippen LogP contribution is 2.41. The Bertz CT molecular complexity index is 1280. The first-order valence-corrected chi connectivity index (χ1v) is 11.0. The van der Waals surface area contributed by atoms with Gasteiger partial charge in [-0.05, 0) is 24.8 Å². The Labute approximate surface area is 169 Å². The molecule has 0 fully saturated rings. The molecule has 0 saturated heterocycles. The number of aliphatic carboxylic acids is 2. The molecular formula is C15H10N6O4S3-2. The second-order valence-corrected chi connectivity index (χ2v) is 9.09. The number of fused-ring (bicyclic) bond motifs is 8. The predicted octanol–water partition coefficient (Wildman–Crippen LogP) is -0.841. The molecule has 10 nitrogen and oxygen atoms in total. The van der Waals surface area contributed by atoms with Gasteiger partial charge in [-0.3, -0.25) is 0 Å². The number of carbonyl (C=O) groups is 2. The van der Waals surface area contributed by atoms with Crippen molar-refractivity contribution in [3.63, 3.8) is 0 Å². The standard InChI is InChI=1S/C15H12N6O4S3/c22-8(23)4-26-14-18-16-11-10-6-2-1-3-7(6)28-12(10)21-13(20(11)14)17-19-15(21)27-5-9(24)25/h1-5H2,(H,22,23)(H,24,25)/p-2. The summed E-state index contributed by atoms with van der Waals surface area (Å²) in [5.74, 6) is -2.51. The second-order valence-electron chi connectivity index (χ2n) is 6.12. The molecule has 13 heteroatoms. The van der Waals surface area contributed by atoms with Crippen molar-refractivity contribution in [3.8, 4) is 0 Å². The first kappa shape index (κ1) is 17.7. The summed E-state index contributed by atoms with van der Waals surface area (Å²) in [5.41, 5.74) is 1.81. The Morgan fingerprint density at radius 1 is 0.964 bits per heavy atom. The van der Waals surface area contributed by atoms with Gasteiger partial charge in [0, 0.05) is 16.4 Å². The van der Waals surface area contributed by atoms with Crippen LogP contribution in [-0.2, 0) is 22.4 Å². The van der Waals surface area contributed by atoms with Gasteiger partial charge in [-0.2, -0.15) is 0 Å². The lowest BCUT2D eigenvalue weighted by molar-refractivity contribution is -0.302. The van der Waals surface area contributed by atoms with Crippen molar-refractivity contribution in [3.05, 3.63) is 10.4 Å². The van der Waals surface area contributed by atoms with E-state index in [0.29, 0.717) is 21.7 Å². The molecule has 0 saturated carbocycles. The molecule has 0 unspecified atom stereocenters. The van der Waals surface area contributed by atoms with Crippen LogP contribution in [0.3, 0.4) is 0 Å². The maximum absolute atomic E-state index is 10.9. The number of carboxylic acids is 2. The molecule has 144 valence electrons. The van der Waals surface area contributed by atoms with Crippen molar-refractivity contribution in [2.24, 2.45) is 0 Å². The second kappa shape index (κ2) is 6.60. The number of nitrogens with zero attached hydrogens (tertiary/aromatic N) is 6. The van der Waals surface area contributed by atoms with Crippen LogP contribution in [0.1, 0.15) is 16.9 Å². The van der Waals surface area contributed by atoms with E-state index >= 15 is 0 Å². The summed E-state index contributed by atoms with van der Waals surface area (Å²) in [4.78, 5) is 23.9. The SMILES string of the molecule is O=C([O-])CSc1nnc2c3c4c(sc3n3c(SCC(=O)[O-])nnc3n12)CCC4. The molecule has 0 amide bonds. The summed E-state index contributed by atoms with van der Waals surface area (Å²) in [6.45, 7) is 0. The number of hydrogen-bond acceptors (Lipinski definition) is 11. The number of aryl methyl sites for hydroxylation is 2. The fourth-order valence-electron chi connectivity index (χ4n) is 3.41. The van der Waals surface area contributed by atoms with E-state index < -0.39 is 11.9 Å². The Balaban J connectivity index is 1.82. The number of aromatic nitrogens is 6. The van der Waals surface area contributed by atoms with Crippen molar-refractivity contribution in [2.75, 3.05) is 11.5 Å². The molecule has 4 heterocycles. The van der Waals surface area contributed by atoms with Gasteiger partial charge in [-0.15, -0.1) is 31.7 Å². The Hall–Kier alpha value is -2.38. The third-order valence-electron chi connectivity index (χ3n) is 4.42. The highest BCUT2D eigenvalue weighted by molar-refractivity contribution is 8.00. The van der Waals surface area contributed by atoms with Gasteiger partial charge in [-0.1, -0.05) is 23.5 Å². The summed E-state index contributed by atoms with van der Waals surface area (Å²) < 4.78 is 3.47. The van der Waals surface area contributed by atoms with E-state index in [-0.39, 0.29) is 11.5 Å². The molecule has 0 radical (unpaired) electrons. The van der Waals surface area contributed by atoms with Crippen molar-refractivity contribution >= 4 is 68.4 Å². The average Bonchev–Trinajstić information content (AvgIpc) is 3.38. The Morgan fingerprint density at radius 3 is 2.36 bits per heavy atom. The van der Waals surface area contributed by atoms with E-state index in [1.165, 1.54) is 10.4 Å². The molecule has 28 heavy (non-hydrogen) atoms. The van der Waals surface area contributed by atoms with E-state index in [0.717, 1.165) is 53.0 Å². The lowest BCUT2D eigenvalue weighted by atomic mass is 10.2. The number of rotatable bonds is 6. The van der Waals surface area contributed by atoms with E-state index in [2.05, 4.69) is 20.4 Å². The van der Waals surface area contributed by atoms with E-state index in [1.807, 2.05) is 0 Å². The average molecular weight is 434 g/mol. The van der Waals surface area contributed by atoms with E-state index in [1.54, 1.807) is 20.1 Å². The first-order chi connectivity index (χ1) is 13.5. The molecule has 1 aliphatic rings. The molecule has 0 atom stereocenters. The largest absolute Gasteiger partial charge is 0.549 e. The number of thioether (sulfide) groups is 2. The van der Waals surface area contributed by atoms with Crippen molar-refractivity contribution in [1.29, 1.82) is 0 Å². The Kier molecular flexibility index (Phi) is 4.17. The van der Waals surface area contributed by atoms with Crippen LogP contribution in [0.2, 0.25) is 0 Å². The molecule has 1 aliphatic carbocycles. The normalized spacial score (nSPS) is 13.7. The number of carboxylic acid groups (broad SMARTS) is 2. The number of hydrogen-bond donors (Lipinski definition) is 0. The van der Waals surface area contributed by atoms with E-state index in [9.17, 15) is 19.8 Å². The minimum Gasteiger partial charge on any atom is -0.549 e. The zero-order chi connectivity index (χ0) is 19.4. The third kappa shape index (κ3) is 2.64. The number of carbonyl (C=O) groups excluding carboxylic acids is 2. The van der Waals surface area contributed by atoms with Crippen LogP contribution in [-0.4, -0.2) is 52.6 Å². The van der Waals surface area contributed by atoms with Gasteiger partial charge in [0.05, 0.1) is 17.3 Å². The molecule has 5 rings (SSSR count). The van der Waals surface area contributed by atoms with Crippen molar-refractivity contribution in [2.45, 2.75) is 29.6 Å². The van der Waals surface area contributed by atoms with Crippen molar-refractivity contribution < 1.29 is 19.8 Å². The smallest absolute Gasteiger partial charge is 0.245 e. The zero-order valence-electron chi connectivity index (χ0n) is 14.1. The molecular weight excluding hydrogens is 424 g/mol. The lowest BCUT2D eigenvalue weighted by Gasteiger charge is -2.07. The van der Waals surface area contributed by atoms with Gasteiger partial charge in [0.2, 0.25) is 5.78 Å². The van der Waals surface area contributed by atoms with Gasteiger partial charge in [0.25, 0.3) is 0 Å². The molecule has 0 spiro atoms. The van der Waals surface area contributed by atoms with Crippen molar-refractivity contribution in [1.82, 2.24) is 29.2 Å². The van der Waals surface area contributed by atoms with Crippen LogP contribution in [0.25, 0.3) is 21.6 Å². The Morgan fingerprint density at radius 2 is 1.64 bits per heavy atom. The highest BCUT2D eigenvalue weighted by Gasteiger charge is 2.26. The minimum atomic E-state index is -1.21. The first-order valence-electron chi connectivity index (χ1n) is 8.26. The summed E-state index contributed by atoms with van der Waals surface area (Å²) >= 11 is 3.64. The minimum absolute atomic E-state index is 0.250. The van der Waals surface area contributed by atoms with Gasteiger partial charge in [-0.25, -0.2) is 8.80 Å². The molecule has 4 aromatic rings. The highest BCUT2D eigenvalue weighted by atomic mass is 32.2. The summed E-state index contributed by atoms with van der Waals surface area (Å²) in [7, 11) is 0. The molecule has 0 aliphatic heterocycles. The molecule has 0 aromatic carbocycles. The fraction of sp³-hybridized carbons (Fsp3) is 0.333. The lowest BCUT2D eigenvalue weighted by Crippen LogP contribution is -2.24. The van der Waals surface area contributed by atoms with Gasteiger partial charge < -0.3 is 19.8 Å². The molecule has 4 aromatic heterocycles. The zero-order valence-corrected chi connectivity index (χ0v) is 16.5. The molecule has 0 bridgehead atoms. The maximum Gasteiger partial charge on any atom is 0.245 e. The van der Waals surface area contributed by atoms with Gasteiger partial charge >= 0.3 is 0 Å². The summed E-state index contributed by atoms with van der Waals surface area (Å²) in [6.07, 6.45) is 2.97. The van der Waals surface area contributed by atoms with Crippen LogP contribution in [0.4, 0.5) is 0 Å². The van der Waals surface area contributed by atoms with Crippen LogP contribution in [0, 0.1) is 0 Å². The quantitative estimate of drug-likeness (QED) is 0.353. The van der Waals surface area contributed by atoms with Crippen LogP contribution >= 0.6 is 34.9 Å². The van der Waals surface area contributed by atoms with Crippen LogP contribution in [0.5, 0.6) is 0 Å². The van der Waals surface area contributed by atoms with Crippen LogP contribution in [0.15, 0.2) is 10.3 Å². The van der Waals surface area contributed by atoms with Gasteiger partial charge in [0.1, 0.15) is 4.83 Å². The van der Waals surface area contributed by atoms with E-state index in [4.69, 9.17) is 0 Å². The fourth-order valence-corrected chi connectivity index (χ4v) is 6.14. The summed E-state index contributed by atoms with van der Waals surface area (Å²) in [6, 6.07) is 0. The predicted molar refractivity (Wildman–Crippen MR) is 98.4 cm³/mol. The topological polar surface area (TPSA) is 141 Å². The maximum atomic E-state index is 10.9. The summed E-state index contributed by atoms with van der Waals surface area (Å²) in [5, 5.41) is 40.3.